The van der Waals surface area contributed by atoms with Crippen LogP contribution in [0.15, 0.2) is 24.3 Å². The molecule has 3 N–H and O–H groups in total. The van der Waals surface area contributed by atoms with E-state index in [0.717, 1.165) is 133 Å². The van der Waals surface area contributed by atoms with Crippen LogP contribution < -0.4 is 0 Å². The monoisotopic (exact) mass is 1420 g/mol. The molecule has 17 nitrogen and oxygen atoms in total. The van der Waals surface area contributed by atoms with Crippen LogP contribution in [0.25, 0.3) is 0 Å². The minimum atomic E-state index is -4.96. The highest BCUT2D eigenvalue weighted by Crippen LogP contribution is 2.45. The first-order valence-electron chi connectivity index (χ1n) is 39.7. The topological polar surface area (TPSA) is 237 Å². The lowest BCUT2D eigenvalue weighted by Gasteiger charge is -2.21. The molecular formula is C78H148O17P2. The van der Waals surface area contributed by atoms with E-state index in [2.05, 4.69) is 72.8 Å². The number of ether oxygens (including phenoxy) is 4. The SMILES string of the molecule is CCCCCC/C=C\C=C/CCCCCCCC(=O)O[C@H](COC(=O)CCCCCCCCCCC(C)C)COP(=O)(O)OC[C@@H](O)COP(=O)(O)OC[C@@H](COC(=O)CCCCCCCCC(C)CC)OC(=O)CCCCCCCCCCCCCCCCCCCCC(C)C. The number of aliphatic hydroxyl groups is 1. The molecule has 0 amide bonds. The third-order valence-electron chi connectivity index (χ3n) is 17.9. The Bertz CT molecular complexity index is 1980. The van der Waals surface area contributed by atoms with Gasteiger partial charge in [0.1, 0.15) is 19.3 Å². The van der Waals surface area contributed by atoms with Crippen molar-refractivity contribution in [1.82, 2.24) is 0 Å². The molecule has 0 aliphatic carbocycles. The van der Waals surface area contributed by atoms with Gasteiger partial charge >= 0.3 is 39.5 Å². The molecule has 0 aliphatic heterocycles. The van der Waals surface area contributed by atoms with Crippen LogP contribution in [0.5, 0.6) is 0 Å². The number of phosphoric ester groups is 2. The summed E-state index contributed by atoms with van der Waals surface area (Å²) in [5, 5.41) is 10.6. The molecule has 0 rings (SSSR count). The summed E-state index contributed by atoms with van der Waals surface area (Å²) in [4.78, 5) is 72.8. The first kappa shape index (κ1) is 94.5. The fourth-order valence-corrected chi connectivity index (χ4v) is 13.0. The van der Waals surface area contributed by atoms with E-state index in [9.17, 15) is 43.2 Å². The van der Waals surface area contributed by atoms with Crippen molar-refractivity contribution in [2.24, 2.45) is 17.8 Å². The molecule has 0 fully saturated rings. The van der Waals surface area contributed by atoms with Gasteiger partial charge in [-0.2, -0.15) is 0 Å². The fraction of sp³-hybridized carbons (Fsp3) is 0.897. The van der Waals surface area contributed by atoms with Crippen molar-refractivity contribution in [3.8, 4) is 0 Å². The van der Waals surface area contributed by atoms with Gasteiger partial charge in [0, 0.05) is 25.7 Å². The summed E-state index contributed by atoms with van der Waals surface area (Å²) < 4.78 is 68.5. The van der Waals surface area contributed by atoms with Gasteiger partial charge in [-0.25, -0.2) is 9.13 Å². The first-order valence-corrected chi connectivity index (χ1v) is 42.7. The summed E-state index contributed by atoms with van der Waals surface area (Å²) in [6, 6.07) is 0. The first-order chi connectivity index (χ1) is 46.8. The molecule has 572 valence electrons. The Kier molecular flexibility index (Phi) is 66.3. The van der Waals surface area contributed by atoms with Crippen molar-refractivity contribution in [1.29, 1.82) is 0 Å². The molecular weight excluding hydrogens is 1270 g/mol. The number of carbonyl (C=O) groups is 4. The van der Waals surface area contributed by atoms with Gasteiger partial charge in [-0.3, -0.25) is 37.3 Å². The number of carbonyl (C=O) groups excluding carboxylic acids is 4. The molecule has 6 atom stereocenters. The maximum Gasteiger partial charge on any atom is 0.472 e. The van der Waals surface area contributed by atoms with E-state index < -0.39 is 97.5 Å². The minimum absolute atomic E-state index is 0.0842. The minimum Gasteiger partial charge on any atom is -0.462 e. The third-order valence-corrected chi connectivity index (χ3v) is 19.8. The smallest absolute Gasteiger partial charge is 0.462 e. The van der Waals surface area contributed by atoms with E-state index in [1.807, 2.05) is 0 Å². The summed E-state index contributed by atoms with van der Waals surface area (Å²) >= 11 is 0. The lowest BCUT2D eigenvalue weighted by molar-refractivity contribution is -0.161. The van der Waals surface area contributed by atoms with E-state index in [0.29, 0.717) is 25.7 Å². The van der Waals surface area contributed by atoms with Crippen molar-refractivity contribution < 1.29 is 80.2 Å². The largest absolute Gasteiger partial charge is 0.472 e. The van der Waals surface area contributed by atoms with Gasteiger partial charge in [-0.15, -0.1) is 0 Å². The highest BCUT2D eigenvalue weighted by molar-refractivity contribution is 7.47. The van der Waals surface area contributed by atoms with Crippen LogP contribution in [0.2, 0.25) is 0 Å². The fourth-order valence-electron chi connectivity index (χ4n) is 11.4. The Morgan fingerprint density at radius 1 is 0.340 bits per heavy atom. The number of hydrogen-bond acceptors (Lipinski definition) is 15. The van der Waals surface area contributed by atoms with Gasteiger partial charge in [0.05, 0.1) is 26.4 Å². The molecule has 0 radical (unpaired) electrons. The molecule has 0 saturated heterocycles. The van der Waals surface area contributed by atoms with Gasteiger partial charge in [-0.05, 0) is 69.1 Å². The summed E-state index contributed by atoms with van der Waals surface area (Å²) in [6.07, 6.45) is 57.9. The number of unbranched alkanes of at least 4 members (excludes halogenated alkanes) is 38. The second kappa shape index (κ2) is 68.0. The standard InChI is InChI=1S/C78H148O17P2/c1-8-10-11-12-13-14-15-16-21-25-28-31-38-47-54-61-77(82)94-73(65-88-75(80)59-52-45-37-34-33-36-43-50-57-70(5)6)67-92-96(84,85)90-63-72(79)64-91-97(86,87)93-68-74(66-89-76(81)60-53-46-41-40-44-51-58-71(7)9-2)95-78(83)62-55-48-39-32-29-26-23-20-18-17-19-22-24-27-30-35-42-49-56-69(3)4/h14-16,21,69-74,79H,8-13,17-20,22-68H2,1-7H3,(H,84,85)(H,86,87)/b15-14-,21-16-/t71?,72-,73-,74-/m1/s1. The molecule has 0 saturated carbocycles. The van der Waals surface area contributed by atoms with Crippen molar-refractivity contribution in [2.75, 3.05) is 39.6 Å². The van der Waals surface area contributed by atoms with Gasteiger partial charge in [-0.1, -0.05) is 323 Å². The Balaban J connectivity index is 5.22. The molecule has 0 aromatic carbocycles. The molecule has 0 aromatic rings. The summed E-state index contributed by atoms with van der Waals surface area (Å²) in [5.41, 5.74) is 0. The van der Waals surface area contributed by atoms with E-state index in [1.165, 1.54) is 161 Å². The van der Waals surface area contributed by atoms with Gasteiger partial charge in [0.25, 0.3) is 0 Å². The normalized spacial score (nSPS) is 14.5. The molecule has 0 aromatic heterocycles. The zero-order valence-corrected chi connectivity index (χ0v) is 64.8. The highest BCUT2D eigenvalue weighted by Gasteiger charge is 2.30. The van der Waals surface area contributed by atoms with E-state index in [-0.39, 0.29) is 25.7 Å². The second-order valence-corrected chi connectivity index (χ2v) is 31.5. The van der Waals surface area contributed by atoms with Crippen LogP contribution in [0.3, 0.4) is 0 Å². The molecule has 3 unspecified atom stereocenters. The van der Waals surface area contributed by atoms with Gasteiger partial charge in [0.15, 0.2) is 12.2 Å². The molecule has 19 heteroatoms. The van der Waals surface area contributed by atoms with Gasteiger partial charge in [0.2, 0.25) is 0 Å². The zero-order valence-electron chi connectivity index (χ0n) is 63.0. The number of rotatable bonds is 74. The van der Waals surface area contributed by atoms with Crippen LogP contribution in [-0.4, -0.2) is 96.7 Å². The molecule has 97 heavy (non-hydrogen) atoms. The van der Waals surface area contributed by atoms with E-state index >= 15 is 0 Å². The van der Waals surface area contributed by atoms with E-state index in [1.54, 1.807) is 0 Å². The van der Waals surface area contributed by atoms with Crippen LogP contribution >= 0.6 is 15.6 Å². The zero-order chi connectivity index (χ0) is 71.6. The number of esters is 4. The average Bonchev–Trinajstić information content (AvgIpc) is 1.25. The van der Waals surface area contributed by atoms with Crippen molar-refractivity contribution >= 4 is 39.5 Å². The summed E-state index contributed by atoms with van der Waals surface area (Å²) in [7, 11) is -9.93. The third kappa shape index (κ3) is 70.4. The second-order valence-electron chi connectivity index (χ2n) is 28.6. The van der Waals surface area contributed by atoms with Crippen LogP contribution in [-0.2, 0) is 65.4 Å². The Hall–Kier alpha value is -2.46. The molecule has 0 aliphatic rings. The van der Waals surface area contributed by atoms with Crippen LogP contribution in [0, 0.1) is 17.8 Å². The van der Waals surface area contributed by atoms with Crippen molar-refractivity contribution in [3.63, 3.8) is 0 Å². The van der Waals surface area contributed by atoms with Gasteiger partial charge < -0.3 is 33.8 Å². The predicted octanol–water partition coefficient (Wildman–Crippen LogP) is 22.5. The quantitative estimate of drug-likeness (QED) is 0.0169. The van der Waals surface area contributed by atoms with E-state index in [4.69, 9.17) is 37.0 Å². The number of allylic oxidation sites excluding steroid dienone is 4. The lowest BCUT2D eigenvalue weighted by atomic mass is 10.00. The summed E-state index contributed by atoms with van der Waals surface area (Å²) in [6.45, 7) is 11.8. The maximum atomic E-state index is 13.1. The Morgan fingerprint density at radius 3 is 0.918 bits per heavy atom. The summed E-state index contributed by atoms with van der Waals surface area (Å²) in [5.74, 6) is 0.123. The molecule has 0 bridgehead atoms. The van der Waals surface area contributed by atoms with Crippen LogP contribution in [0.4, 0.5) is 0 Å². The lowest BCUT2D eigenvalue weighted by Crippen LogP contribution is -2.30. The number of phosphoric acid groups is 2. The predicted molar refractivity (Wildman–Crippen MR) is 395 cm³/mol. The number of hydrogen-bond donors (Lipinski definition) is 3. The molecule has 0 spiro atoms. The number of aliphatic hydroxyl groups excluding tert-OH is 1. The average molecular weight is 1420 g/mol. The molecule has 0 heterocycles. The maximum absolute atomic E-state index is 13.1. The Labute approximate surface area is 592 Å². The Morgan fingerprint density at radius 2 is 0.608 bits per heavy atom. The van der Waals surface area contributed by atoms with Crippen molar-refractivity contribution in [3.05, 3.63) is 24.3 Å². The van der Waals surface area contributed by atoms with Crippen molar-refractivity contribution in [2.45, 2.75) is 394 Å². The van der Waals surface area contributed by atoms with Crippen LogP contribution in [0.1, 0.15) is 376 Å². The highest BCUT2D eigenvalue weighted by atomic mass is 31.2.